The molecule has 2 unspecified atom stereocenters. The molecule has 1 saturated carbocycles. The molecule has 0 saturated heterocycles. The number of rotatable bonds is 3. The van der Waals surface area contributed by atoms with Crippen LogP contribution in [-0.4, -0.2) is 11.0 Å². The van der Waals surface area contributed by atoms with E-state index in [-0.39, 0.29) is 5.92 Å². The van der Waals surface area contributed by atoms with Gasteiger partial charge < -0.3 is 5.32 Å². The maximum atomic E-state index is 9.13. The molecule has 0 radical (unpaired) electrons. The van der Waals surface area contributed by atoms with E-state index in [0.29, 0.717) is 6.04 Å². The second-order valence-electron chi connectivity index (χ2n) is 5.26. The number of nitriles is 1. The lowest BCUT2D eigenvalue weighted by molar-refractivity contribution is 0.465. The summed E-state index contributed by atoms with van der Waals surface area (Å²) in [6.07, 6.45) is 5.09. The smallest absolute Gasteiger partial charge is 0.0758 e. The van der Waals surface area contributed by atoms with Gasteiger partial charge in [-0.2, -0.15) is 5.26 Å². The molecule has 0 aliphatic heterocycles. The monoisotopic (exact) mass is 329 g/mol. The van der Waals surface area contributed by atoms with Gasteiger partial charge in [-0.25, -0.2) is 0 Å². The Kier molecular flexibility index (Phi) is 4.00. The number of halogens is 1. The number of nitrogens with one attached hydrogen (secondary N) is 1. The van der Waals surface area contributed by atoms with E-state index in [1.54, 1.807) is 0 Å². The Morgan fingerprint density at radius 3 is 3.10 bits per heavy atom. The highest BCUT2D eigenvalue weighted by Gasteiger charge is 2.26. The summed E-state index contributed by atoms with van der Waals surface area (Å²) in [6, 6.07) is 10.9. The maximum absolute atomic E-state index is 9.13. The molecule has 1 aliphatic rings. The van der Waals surface area contributed by atoms with Crippen molar-refractivity contribution in [2.75, 3.05) is 0 Å². The summed E-state index contributed by atoms with van der Waals surface area (Å²) in [5.41, 5.74) is 2.22. The molecule has 2 aromatic rings. The van der Waals surface area contributed by atoms with Crippen LogP contribution in [0.1, 0.15) is 24.8 Å². The molecule has 4 heteroatoms. The SMILES string of the molecule is N#CC1CCCC1NCc1ccc(Br)c2cccnc12. The summed E-state index contributed by atoms with van der Waals surface area (Å²) in [7, 11) is 0. The first-order valence-electron chi connectivity index (χ1n) is 6.94. The summed E-state index contributed by atoms with van der Waals surface area (Å²) in [6.45, 7) is 0.768. The second kappa shape index (κ2) is 5.90. The Morgan fingerprint density at radius 2 is 2.25 bits per heavy atom. The zero-order chi connectivity index (χ0) is 13.9. The average molecular weight is 330 g/mol. The number of hydrogen-bond donors (Lipinski definition) is 1. The van der Waals surface area contributed by atoms with E-state index in [1.165, 1.54) is 5.56 Å². The van der Waals surface area contributed by atoms with E-state index >= 15 is 0 Å². The largest absolute Gasteiger partial charge is 0.309 e. The molecule has 20 heavy (non-hydrogen) atoms. The Hall–Kier alpha value is -1.44. The summed E-state index contributed by atoms with van der Waals surface area (Å²) < 4.78 is 1.07. The molecule has 1 aromatic carbocycles. The Bertz CT molecular complexity index is 662. The molecular formula is C16H16BrN3. The summed E-state index contributed by atoms with van der Waals surface area (Å²) in [5.74, 6) is 0.157. The van der Waals surface area contributed by atoms with Crippen LogP contribution in [0.15, 0.2) is 34.9 Å². The molecule has 2 atom stereocenters. The van der Waals surface area contributed by atoms with Crippen LogP contribution in [0.2, 0.25) is 0 Å². The highest BCUT2D eigenvalue weighted by molar-refractivity contribution is 9.10. The third-order valence-corrected chi connectivity index (χ3v) is 4.73. The number of fused-ring (bicyclic) bond motifs is 1. The molecule has 3 rings (SSSR count). The molecule has 1 N–H and O–H groups in total. The van der Waals surface area contributed by atoms with Crippen LogP contribution in [0.25, 0.3) is 10.9 Å². The van der Waals surface area contributed by atoms with Gasteiger partial charge in [-0.05, 0) is 30.5 Å². The van der Waals surface area contributed by atoms with Crippen LogP contribution in [0.5, 0.6) is 0 Å². The quantitative estimate of drug-likeness (QED) is 0.932. The van der Waals surface area contributed by atoms with E-state index in [1.807, 2.05) is 12.3 Å². The van der Waals surface area contributed by atoms with E-state index < -0.39 is 0 Å². The molecule has 3 nitrogen and oxygen atoms in total. The number of benzene rings is 1. The number of pyridine rings is 1. The van der Waals surface area contributed by atoms with Gasteiger partial charge in [-0.3, -0.25) is 4.98 Å². The fraction of sp³-hybridized carbons (Fsp3) is 0.375. The molecule has 1 heterocycles. The van der Waals surface area contributed by atoms with E-state index in [4.69, 9.17) is 5.26 Å². The van der Waals surface area contributed by atoms with E-state index in [2.05, 4.69) is 50.5 Å². The van der Waals surface area contributed by atoms with Crippen molar-refractivity contribution in [2.45, 2.75) is 31.8 Å². The molecule has 1 aromatic heterocycles. The van der Waals surface area contributed by atoms with Gasteiger partial charge in [0.1, 0.15) is 0 Å². The topological polar surface area (TPSA) is 48.7 Å². The van der Waals surface area contributed by atoms with Crippen molar-refractivity contribution in [2.24, 2.45) is 5.92 Å². The van der Waals surface area contributed by atoms with Crippen molar-refractivity contribution in [1.82, 2.24) is 10.3 Å². The number of aromatic nitrogens is 1. The minimum atomic E-state index is 0.157. The van der Waals surface area contributed by atoms with Gasteiger partial charge in [0.05, 0.1) is 17.5 Å². The number of nitrogens with zero attached hydrogens (tertiary/aromatic N) is 2. The average Bonchev–Trinajstić information content (AvgIpc) is 2.94. The molecule has 102 valence electrons. The Labute approximate surface area is 127 Å². The van der Waals surface area contributed by atoms with Gasteiger partial charge in [0.25, 0.3) is 0 Å². The number of hydrogen-bond acceptors (Lipinski definition) is 3. The Balaban J connectivity index is 1.82. The van der Waals surface area contributed by atoms with Crippen molar-refractivity contribution in [3.05, 3.63) is 40.5 Å². The predicted octanol–water partition coefficient (Wildman–Crippen LogP) is 3.78. The third-order valence-electron chi connectivity index (χ3n) is 4.04. The molecular weight excluding hydrogens is 314 g/mol. The molecule has 1 fully saturated rings. The summed E-state index contributed by atoms with van der Waals surface area (Å²) in [5, 5.41) is 13.8. The second-order valence-corrected chi connectivity index (χ2v) is 6.11. The van der Waals surface area contributed by atoms with Crippen LogP contribution in [-0.2, 0) is 6.54 Å². The lowest BCUT2D eigenvalue weighted by Gasteiger charge is -2.16. The minimum absolute atomic E-state index is 0.157. The Morgan fingerprint density at radius 1 is 1.35 bits per heavy atom. The van der Waals surface area contributed by atoms with Crippen LogP contribution in [0.3, 0.4) is 0 Å². The van der Waals surface area contributed by atoms with Crippen molar-refractivity contribution < 1.29 is 0 Å². The zero-order valence-electron chi connectivity index (χ0n) is 11.1. The first-order chi connectivity index (χ1) is 9.79. The van der Waals surface area contributed by atoms with Gasteiger partial charge >= 0.3 is 0 Å². The van der Waals surface area contributed by atoms with E-state index in [9.17, 15) is 0 Å². The predicted molar refractivity (Wildman–Crippen MR) is 83.0 cm³/mol. The van der Waals surface area contributed by atoms with Crippen molar-refractivity contribution in [1.29, 1.82) is 5.26 Å². The van der Waals surface area contributed by atoms with Gasteiger partial charge in [0.2, 0.25) is 0 Å². The normalized spacial score (nSPS) is 22.0. The van der Waals surface area contributed by atoms with E-state index in [0.717, 1.165) is 41.2 Å². The summed E-state index contributed by atoms with van der Waals surface area (Å²) >= 11 is 3.57. The lowest BCUT2D eigenvalue weighted by atomic mass is 10.0. The van der Waals surface area contributed by atoms with Gasteiger partial charge in [-0.1, -0.05) is 34.5 Å². The van der Waals surface area contributed by atoms with Gasteiger partial charge in [0, 0.05) is 28.6 Å². The highest BCUT2D eigenvalue weighted by Crippen LogP contribution is 2.27. The molecule has 1 aliphatic carbocycles. The van der Waals surface area contributed by atoms with Gasteiger partial charge in [-0.15, -0.1) is 0 Å². The van der Waals surface area contributed by atoms with Crippen LogP contribution in [0, 0.1) is 17.2 Å². The fourth-order valence-corrected chi connectivity index (χ4v) is 3.39. The fourth-order valence-electron chi connectivity index (χ4n) is 2.94. The molecule has 0 amide bonds. The van der Waals surface area contributed by atoms with Crippen LogP contribution < -0.4 is 5.32 Å². The third kappa shape index (κ3) is 2.56. The van der Waals surface area contributed by atoms with Crippen LogP contribution >= 0.6 is 15.9 Å². The lowest BCUT2D eigenvalue weighted by Crippen LogP contribution is -2.31. The van der Waals surface area contributed by atoms with Crippen molar-refractivity contribution in [3.63, 3.8) is 0 Å². The maximum Gasteiger partial charge on any atom is 0.0758 e. The van der Waals surface area contributed by atoms with Gasteiger partial charge in [0.15, 0.2) is 0 Å². The first kappa shape index (κ1) is 13.5. The molecule has 0 spiro atoms. The van der Waals surface area contributed by atoms with Crippen molar-refractivity contribution >= 4 is 26.8 Å². The standard InChI is InChI=1S/C16H16BrN3/c17-14-7-6-12(16-13(14)4-2-8-19-16)10-20-15-5-1-3-11(15)9-18/h2,4,6-8,11,15,20H,1,3,5,10H2. The first-order valence-corrected chi connectivity index (χ1v) is 7.74. The minimum Gasteiger partial charge on any atom is -0.309 e. The summed E-state index contributed by atoms with van der Waals surface area (Å²) in [4.78, 5) is 4.49. The zero-order valence-corrected chi connectivity index (χ0v) is 12.7. The highest BCUT2D eigenvalue weighted by atomic mass is 79.9. The molecule has 0 bridgehead atoms. The van der Waals surface area contributed by atoms with Crippen molar-refractivity contribution in [3.8, 4) is 6.07 Å². The van der Waals surface area contributed by atoms with Crippen LogP contribution in [0.4, 0.5) is 0 Å².